The number of rotatable bonds is 4. The van der Waals surface area contributed by atoms with Gasteiger partial charge in [0.05, 0.1) is 13.2 Å². The molecule has 2 N–H and O–H groups in total. The fourth-order valence-corrected chi connectivity index (χ4v) is 1.96. The van der Waals surface area contributed by atoms with Gasteiger partial charge in [-0.1, -0.05) is 6.07 Å². The Balaban J connectivity index is 2.18. The Labute approximate surface area is 115 Å². The predicted molar refractivity (Wildman–Crippen MR) is 73.1 cm³/mol. The van der Waals surface area contributed by atoms with Crippen molar-refractivity contribution in [2.24, 2.45) is 0 Å². The lowest BCUT2D eigenvalue weighted by molar-refractivity contribution is 0.373. The number of methoxy groups -OCH3 is 1. The van der Waals surface area contributed by atoms with E-state index in [1.807, 2.05) is 0 Å². The highest BCUT2D eigenvalue weighted by molar-refractivity contribution is 5.55. The van der Waals surface area contributed by atoms with E-state index >= 15 is 0 Å². The van der Waals surface area contributed by atoms with Crippen molar-refractivity contribution in [3.63, 3.8) is 0 Å². The number of hydrogen-bond acceptors (Lipinski definition) is 3. The summed E-state index contributed by atoms with van der Waals surface area (Å²) in [7, 11) is 1.46. The van der Waals surface area contributed by atoms with Crippen molar-refractivity contribution >= 4 is 5.69 Å². The van der Waals surface area contributed by atoms with E-state index in [-0.39, 0.29) is 11.8 Å². The van der Waals surface area contributed by atoms with Crippen molar-refractivity contribution in [3.05, 3.63) is 53.6 Å². The van der Waals surface area contributed by atoms with Crippen molar-refractivity contribution in [2.45, 2.75) is 13.0 Å². The van der Waals surface area contributed by atoms with Gasteiger partial charge in [-0.05, 0) is 25.1 Å². The Bertz CT molecular complexity index is 617. The van der Waals surface area contributed by atoms with Crippen LogP contribution in [-0.2, 0) is 0 Å². The summed E-state index contributed by atoms with van der Waals surface area (Å²) in [5, 5.41) is 12.7. The normalized spacial score (nSPS) is 12.0. The van der Waals surface area contributed by atoms with Crippen LogP contribution < -0.4 is 10.1 Å². The topological polar surface area (TPSA) is 41.5 Å². The van der Waals surface area contributed by atoms with Crippen molar-refractivity contribution < 1.29 is 18.6 Å². The van der Waals surface area contributed by atoms with Gasteiger partial charge in [0.1, 0.15) is 11.6 Å². The summed E-state index contributed by atoms with van der Waals surface area (Å²) < 4.78 is 31.5. The molecule has 1 atom stereocenters. The lowest BCUT2D eigenvalue weighted by Gasteiger charge is -2.17. The molecule has 1 unspecified atom stereocenters. The summed E-state index contributed by atoms with van der Waals surface area (Å²) in [6.45, 7) is 1.75. The maximum absolute atomic E-state index is 13.7. The SMILES string of the molecule is COc1ccc(NC(C)c2ccc(F)cc2F)cc1O. The van der Waals surface area contributed by atoms with Gasteiger partial charge >= 0.3 is 0 Å². The highest BCUT2D eigenvalue weighted by atomic mass is 19.1. The van der Waals surface area contributed by atoms with Crippen LogP contribution in [0.5, 0.6) is 11.5 Å². The van der Waals surface area contributed by atoms with E-state index in [0.717, 1.165) is 6.07 Å². The molecule has 0 aliphatic rings. The third-order valence-corrected chi connectivity index (χ3v) is 2.99. The van der Waals surface area contributed by atoms with E-state index in [1.165, 1.54) is 25.3 Å². The summed E-state index contributed by atoms with van der Waals surface area (Å²) in [6, 6.07) is 7.87. The number of hydrogen-bond donors (Lipinski definition) is 2. The zero-order valence-electron chi connectivity index (χ0n) is 11.2. The molecule has 0 saturated carbocycles. The van der Waals surface area contributed by atoms with E-state index in [0.29, 0.717) is 17.0 Å². The van der Waals surface area contributed by atoms with E-state index in [1.54, 1.807) is 19.1 Å². The van der Waals surface area contributed by atoms with Crippen LogP contribution in [0.3, 0.4) is 0 Å². The Morgan fingerprint density at radius 2 is 1.90 bits per heavy atom. The molecule has 106 valence electrons. The highest BCUT2D eigenvalue weighted by Crippen LogP contribution is 2.30. The van der Waals surface area contributed by atoms with Crippen LogP contribution in [0.25, 0.3) is 0 Å². The molecule has 0 aliphatic heterocycles. The zero-order valence-corrected chi connectivity index (χ0v) is 11.2. The van der Waals surface area contributed by atoms with Crippen molar-refractivity contribution in [3.8, 4) is 11.5 Å². The number of nitrogens with one attached hydrogen (secondary N) is 1. The molecule has 2 aromatic rings. The van der Waals surface area contributed by atoms with Crippen molar-refractivity contribution in [2.75, 3.05) is 12.4 Å². The smallest absolute Gasteiger partial charge is 0.160 e. The van der Waals surface area contributed by atoms with Crippen molar-refractivity contribution in [1.29, 1.82) is 0 Å². The molecule has 0 saturated heterocycles. The maximum atomic E-state index is 13.7. The first kappa shape index (κ1) is 14.1. The lowest BCUT2D eigenvalue weighted by atomic mass is 10.1. The second-order valence-corrected chi connectivity index (χ2v) is 4.42. The number of benzene rings is 2. The molecule has 0 amide bonds. The number of aromatic hydroxyl groups is 1. The molecule has 0 radical (unpaired) electrons. The van der Waals surface area contributed by atoms with Gasteiger partial charge in [-0.2, -0.15) is 0 Å². The van der Waals surface area contributed by atoms with Crippen LogP contribution in [-0.4, -0.2) is 12.2 Å². The molecule has 0 bridgehead atoms. The second kappa shape index (κ2) is 5.77. The van der Waals surface area contributed by atoms with Gasteiger partial charge in [0, 0.05) is 23.4 Å². The minimum absolute atomic E-state index is 0.00993. The minimum atomic E-state index is -0.611. The summed E-state index contributed by atoms with van der Waals surface area (Å²) in [5.41, 5.74) is 0.959. The molecule has 0 fully saturated rings. The number of ether oxygens (including phenoxy) is 1. The van der Waals surface area contributed by atoms with Crippen LogP contribution in [0.1, 0.15) is 18.5 Å². The average molecular weight is 279 g/mol. The fraction of sp³-hybridized carbons (Fsp3) is 0.200. The third kappa shape index (κ3) is 2.99. The Morgan fingerprint density at radius 1 is 1.15 bits per heavy atom. The monoisotopic (exact) mass is 279 g/mol. The van der Waals surface area contributed by atoms with Crippen LogP contribution in [0.2, 0.25) is 0 Å². The third-order valence-electron chi connectivity index (χ3n) is 2.99. The van der Waals surface area contributed by atoms with Gasteiger partial charge in [-0.3, -0.25) is 0 Å². The van der Waals surface area contributed by atoms with Gasteiger partial charge in [0.15, 0.2) is 11.5 Å². The van der Waals surface area contributed by atoms with Gasteiger partial charge in [-0.15, -0.1) is 0 Å². The van der Waals surface area contributed by atoms with E-state index in [9.17, 15) is 13.9 Å². The molecule has 5 heteroatoms. The molecule has 0 aliphatic carbocycles. The number of phenolic OH excluding ortho intramolecular Hbond substituents is 1. The first-order valence-electron chi connectivity index (χ1n) is 6.09. The second-order valence-electron chi connectivity index (χ2n) is 4.42. The quantitative estimate of drug-likeness (QED) is 0.893. The van der Waals surface area contributed by atoms with Crippen LogP contribution in [0.4, 0.5) is 14.5 Å². The van der Waals surface area contributed by atoms with Gasteiger partial charge in [-0.25, -0.2) is 8.78 Å². The van der Waals surface area contributed by atoms with Gasteiger partial charge in [0.2, 0.25) is 0 Å². The van der Waals surface area contributed by atoms with Crippen molar-refractivity contribution in [1.82, 2.24) is 0 Å². The number of phenols is 1. The molecule has 0 aromatic heterocycles. The summed E-state index contributed by atoms with van der Waals surface area (Å²) in [4.78, 5) is 0. The Hall–Kier alpha value is -2.30. The van der Waals surface area contributed by atoms with Gasteiger partial charge in [0.25, 0.3) is 0 Å². The summed E-state index contributed by atoms with van der Waals surface area (Å²) >= 11 is 0. The zero-order chi connectivity index (χ0) is 14.7. The largest absolute Gasteiger partial charge is 0.504 e. The van der Waals surface area contributed by atoms with E-state index < -0.39 is 11.6 Å². The Morgan fingerprint density at radius 3 is 2.50 bits per heavy atom. The van der Waals surface area contributed by atoms with Gasteiger partial charge < -0.3 is 15.2 Å². The summed E-state index contributed by atoms with van der Waals surface area (Å²) in [5.74, 6) is -0.872. The van der Waals surface area contributed by atoms with Crippen LogP contribution >= 0.6 is 0 Å². The highest BCUT2D eigenvalue weighted by Gasteiger charge is 2.12. The molecule has 0 heterocycles. The van der Waals surface area contributed by atoms with Crippen LogP contribution in [0.15, 0.2) is 36.4 Å². The average Bonchev–Trinajstić information content (AvgIpc) is 2.38. The molecule has 0 spiro atoms. The molecule has 2 aromatic carbocycles. The minimum Gasteiger partial charge on any atom is -0.504 e. The molecular formula is C15H15F2NO2. The first-order chi connectivity index (χ1) is 9.51. The number of halogens is 2. The fourth-order valence-electron chi connectivity index (χ4n) is 1.96. The Kier molecular flexibility index (Phi) is 4.08. The van der Waals surface area contributed by atoms with E-state index in [2.05, 4.69) is 5.32 Å². The molecule has 20 heavy (non-hydrogen) atoms. The number of anilines is 1. The standard InChI is InChI=1S/C15H15F2NO2/c1-9(12-5-3-10(16)7-13(12)17)18-11-4-6-15(20-2)14(19)8-11/h3-9,18-19H,1-2H3. The first-order valence-corrected chi connectivity index (χ1v) is 6.09. The maximum Gasteiger partial charge on any atom is 0.160 e. The van der Waals surface area contributed by atoms with E-state index in [4.69, 9.17) is 4.74 Å². The molecule has 2 rings (SSSR count). The lowest BCUT2D eigenvalue weighted by Crippen LogP contribution is -2.08. The molecule has 3 nitrogen and oxygen atoms in total. The van der Waals surface area contributed by atoms with Crippen LogP contribution in [0, 0.1) is 11.6 Å². The predicted octanol–water partition coefficient (Wildman–Crippen LogP) is 3.85. The summed E-state index contributed by atoms with van der Waals surface area (Å²) in [6.07, 6.45) is 0. The molecular weight excluding hydrogens is 264 g/mol.